The van der Waals surface area contributed by atoms with Crippen molar-refractivity contribution in [3.05, 3.63) is 41.7 Å². The maximum Gasteiger partial charge on any atom is 0.132 e. The van der Waals surface area contributed by atoms with Gasteiger partial charge in [0.25, 0.3) is 0 Å². The third kappa shape index (κ3) is 2.99. The predicted molar refractivity (Wildman–Crippen MR) is 84.2 cm³/mol. The molecule has 0 radical (unpaired) electrons. The topological polar surface area (TPSA) is 32.7 Å². The van der Waals surface area contributed by atoms with Gasteiger partial charge in [0, 0.05) is 5.56 Å². The molecule has 0 amide bonds. The number of piperidine rings is 1. The van der Waals surface area contributed by atoms with E-state index in [4.69, 9.17) is 4.74 Å². The van der Waals surface area contributed by atoms with Crippen molar-refractivity contribution < 1.29 is 9.84 Å². The molecule has 1 saturated heterocycles. The Labute approximate surface area is 127 Å². The number of benzene rings is 1. The zero-order chi connectivity index (χ0) is 14.9. The van der Waals surface area contributed by atoms with Crippen LogP contribution in [0.25, 0.3) is 0 Å². The number of ether oxygens (including phenoxy) is 1. The lowest BCUT2D eigenvalue weighted by atomic mass is 9.97. The first-order chi connectivity index (χ1) is 10.1. The van der Waals surface area contributed by atoms with E-state index in [-0.39, 0.29) is 6.04 Å². The van der Waals surface area contributed by atoms with Crippen molar-refractivity contribution in [3.63, 3.8) is 0 Å². The SMILES string of the molecule is CC[C@@](C)(O)/C=C1/Oc2ccccc2[C@H]1N1CCCCC1. The van der Waals surface area contributed by atoms with Crippen LogP contribution in [-0.2, 0) is 0 Å². The van der Waals surface area contributed by atoms with E-state index in [9.17, 15) is 5.11 Å². The largest absolute Gasteiger partial charge is 0.460 e. The number of aliphatic hydroxyl groups is 1. The van der Waals surface area contributed by atoms with Gasteiger partial charge in [-0.15, -0.1) is 0 Å². The van der Waals surface area contributed by atoms with Crippen LogP contribution < -0.4 is 4.74 Å². The van der Waals surface area contributed by atoms with Crippen molar-refractivity contribution >= 4 is 0 Å². The molecule has 2 aliphatic rings. The summed E-state index contributed by atoms with van der Waals surface area (Å²) in [6.45, 7) is 6.05. The highest BCUT2D eigenvalue weighted by molar-refractivity contribution is 5.46. The highest BCUT2D eigenvalue weighted by atomic mass is 16.5. The molecule has 3 rings (SSSR count). The molecule has 0 unspecified atom stereocenters. The Hall–Kier alpha value is -1.32. The summed E-state index contributed by atoms with van der Waals surface area (Å²) in [5.41, 5.74) is 0.420. The Bertz CT molecular complexity index is 530. The van der Waals surface area contributed by atoms with Crippen molar-refractivity contribution in [3.8, 4) is 5.75 Å². The van der Waals surface area contributed by atoms with Gasteiger partial charge in [-0.05, 0) is 51.4 Å². The molecule has 1 N–H and O–H groups in total. The second-order valence-electron chi connectivity index (χ2n) is 6.40. The fourth-order valence-electron chi connectivity index (χ4n) is 3.21. The number of hydrogen-bond donors (Lipinski definition) is 1. The molecule has 1 aromatic rings. The third-order valence-corrected chi connectivity index (χ3v) is 4.64. The minimum Gasteiger partial charge on any atom is -0.460 e. The normalized spacial score (nSPS) is 27.2. The molecular formula is C18H25NO2. The molecule has 0 bridgehead atoms. The molecule has 2 heterocycles. The minimum atomic E-state index is -0.814. The number of para-hydroxylation sites is 1. The van der Waals surface area contributed by atoms with E-state index in [1.165, 1.54) is 24.8 Å². The van der Waals surface area contributed by atoms with E-state index in [2.05, 4.69) is 17.0 Å². The lowest BCUT2D eigenvalue weighted by Gasteiger charge is -2.32. The molecule has 0 saturated carbocycles. The van der Waals surface area contributed by atoms with Gasteiger partial charge >= 0.3 is 0 Å². The highest BCUT2D eigenvalue weighted by Gasteiger charge is 2.36. The summed E-state index contributed by atoms with van der Waals surface area (Å²) in [7, 11) is 0. The van der Waals surface area contributed by atoms with Crippen molar-refractivity contribution in [2.45, 2.75) is 51.2 Å². The van der Waals surface area contributed by atoms with Crippen LogP contribution in [0.2, 0.25) is 0 Å². The molecule has 0 aliphatic carbocycles. The Balaban J connectivity index is 1.96. The molecule has 2 aliphatic heterocycles. The number of hydrogen-bond acceptors (Lipinski definition) is 3. The fourth-order valence-corrected chi connectivity index (χ4v) is 3.21. The van der Waals surface area contributed by atoms with Crippen LogP contribution in [0, 0.1) is 0 Å². The van der Waals surface area contributed by atoms with E-state index in [1.807, 2.05) is 32.1 Å². The zero-order valence-corrected chi connectivity index (χ0v) is 13.0. The predicted octanol–water partition coefficient (Wildman–Crippen LogP) is 3.65. The average Bonchev–Trinajstić information content (AvgIpc) is 2.85. The Morgan fingerprint density at radius 3 is 2.71 bits per heavy atom. The highest BCUT2D eigenvalue weighted by Crippen LogP contribution is 2.44. The molecule has 2 atom stereocenters. The standard InChI is InChI=1S/C18H25NO2/c1-3-18(2,20)13-16-17(19-11-7-4-8-12-19)14-9-5-6-10-15(14)21-16/h5-6,9-10,13,17,20H,3-4,7-8,11-12H2,1-2H3/b16-13+/t17-,18-/m1/s1. The first kappa shape index (κ1) is 14.6. The van der Waals surface area contributed by atoms with E-state index < -0.39 is 5.60 Å². The van der Waals surface area contributed by atoms with Crippen molar-refractivity contribution in [1.82, 2.24) is 4.90 Å². The Kier molecular flexibility index (Phi) is 4.05. The Morgan fingerprint density at radius 1 is 1.29 bits per heavy atom. The molecule has 114 valence electrons. The summed E-state index contributed by atoms with van der Waals surface area (Å²) >= 11 is 0. The van der Waals surface area contributed by atoms with Crippen LogP contribution in [-0.4, -0.2) is 28.7 Å². The third-order valence-electron chi connectivity index (χ3n) is 4.64. The van der Waals surface area contributed by atoms with Gasteiger partial charge in [0.15, 0.2) is 0 Å². The van der Waals surface area contributed by atoms with E-state index in [0.717, 1.165) is 24.6 Å². The fraction of sp³-hybridized carbons (Fsp3) is 0.556. The molecule has 1 fully saturated rings. The van der Waals surface area contributed by atoms with Crippen LogP contribution in [0.15, 0.2) is 36.1 Å². The monoisotopic (exact) mass is 287 g/mol. The maximum atomic E-state index is 10.4. The van der Waals surface area contributed by atoms with Crippen LogP contribution in [0.3, 0.4) is 0 Å². The molecule has 1 aromatic carbocycles. The molecular weight excluding hydrogens is 262 g/mol. The van der Waals surface area contributed by atoms with Gasteiger partial charge in [-0.2, -0.15) is 0 Å². The van der Waals surface area contributed by atoms with Crippen LogP contribution >= 0.6 is 0 Å². The number of rotatable bonds is 3. The summed E-state index contributed by atoms with van der Waals surface area (Å²) in [5, 5.41) is 10.4. The molecule has 3 nitrogen and oxygen atoms in total. The van der Waals surface area contributed by atoms with Gasteiger partial charge in [0.05, 0.1) is 11.6 Å². The Morgan fingerprint density at radius 2 is 2.00 bits per heavy atom. The lowest BCUT2D eigenvalue weighted by molar-refractivity contribution is 0.0994. The van der Waals surface area contributed by atoms with Gasteiger partial charge in [-0.1, -0.05) is 31.5 Å². The van der Waals surface area contributed by atoms with E-state index in [0.29, 0.717) is 6.42 Å². The van der Waals surface area contributed by atoms with Gasteiger partial charge in [0.1, 0.15) is 11.5 Å². The van der Waals surface area contributed by atoms with Gasteiger partial charge in [-0.25, -0.2) is 0 Å². The second kappa shape index (κ2) is 5.82. The van der Waals surface area contributed by atoms with Crippen LogP contribution in [0.4, 0.5) is 0 Å². The zero-order valence-electron chi connectivity index (χ0n) is 13.0. The van der Waals surface area contributed by atoms with Crippen molar-refractivity contribution in [2.75, 3.05) is 13.1 Å². The van der Waals surface area contributed by atoms with Gasteiger partial charge < -0.3 is 9.84 Å². The molecule has 0 spiro atoms. The van der Waals surface area contributed by atoms with Crippen molar-refractivity contribution in [2.24, 2.45) is 0 Å². The first-order valence-electron chi connectivity index (χ1n) is 8.07. The summed E-state index contributed by atoms with van der Waals surface area (Å²) in [4.78, 5) is 2.49. The second-order valence-corrected chi connectivity index (χ2v) is 6.40. The van der Waals surface area contributed by atoms with Gasteiger partial charge in [-0.3, -0.25) is 4.90 Å². The van der Waals surface area contributed by atoms with Gasteiger partial charge in [0.2, 0.25) is 0 Å². The van der Waals surface area contributed by atoms with Crippen molar-refractivity contribution in [1.29, 1.82) is 0 Å². The van der Waals surface area contributed by atoms with E-state index in [1.54, 1.807) is 0 Å². The summed E-state index contributed by atoms with van der Waals surface area (Å²) in [6.07, 6.45) is 6.40. The smallest absolute Gasteiger partial charge is 0.132 e. The minimum absolute atomic E-state index is 0.166. The maximum absolute atomic E-state index is 10.4. The average molecular weight is 287 g/mol. The molecule has 3 heteroatoms. The first-order valence-corrected chi connectivity index (χ1v) is 8.07. The molecule has 0 aromatic heterocycles. The summed E-state index contributed by atoms with van der Waals surface area (Å²) < 4.78 is 6.07. The van der Waals surface area contributed by atoms with E-state index >= 15 is 0 Å². The molecule has 21 heavy (non-hydrogen) atoms. The number of fused-ring (bicyclic) bond motifs is 1. The number of likely N-dealkylation sites (tertiary alicyclic amines) is 1. The van der Waals surface area contributed by atoms with Crippen LogP contribution in [0.1, 0.15) is 51.1 Å². The quantitative estimate of drug-likeness (QED) is 0.921. The number of nitrogens with zero attached hydrogens (tertiary/aromatic N) is 1. The van der Waals surface area contributed by atoms with Crippen LogP contribution in [0.5, 0.6) is 5.75 Å². The lowest BCUT2D eigenvalue weighted by Crippen LogP contribution is -2.34. The summed E-state index contributed by atoms with van der Waals surface area (Å²) in [6, 6.07) is 8.41. The summed E-state index contributed by atoms with van der Waals surface area (Å²) in [5.74, 6) is 1.83.